The average molecular weight is 289 g/mol. The van der Waals surface area contributed by atoms with Gasteiger partial charge in [-0.05, 0) is 58.2 Å². The van der Waals surface area contributed by atoms with E-state index in [-0.39, 0.29) is 11.9 Å². The van der Waals surface area contributed by atoms with Crippen molar-refractivity contribution in [1.82, 2.24) is 4.90 Å². The van der Waals surface area contributed by atoms with Crippen LogP contribution in [0, 0.1) is 6.92 Å². The number of nitrogen functional groups attached to an aromatic ring is 1. The molecule has 4 heteroatoms. The molecular formula is C17H27N3O. The van der Waals surface area contributed by atoms with Gasteiger partial charge in [0.25, 0.3) is 0 Å². The van der Waals surface area contributed by atoms with Gasteiger partial charge in [0.1, 0.15) is 0 Å². The number of rotatable bonds is 3. The molecule has 3 atom stereocenters. The molecule has 1 aliphatic heterocycles. The molecule has 116 valence electrons. The Hall–Kier alpha value is -1.55. The van der Waals surface area contributed by atoms with E-state index in [0.29, 0.717) is 17.8 Å². The summed E-state index contributed by atoms with van der Waals surface area (Å²) >= 11 is 0. The summed E-state index contributed by atoms with van der Waals surface area (Å²) in [6, 6.07) is 6.44. The highest BCUT2D eigenvalue weighted by molar-refractivity contribution is 5.95. The molecule has 2 rings (SSSR count). The second-order valence-corrected chi connectivity index (χ2v) is 6.31. The summed E-state index contributed by atoms with van der Waals surface area (Å²) < 4.78 is 0. The van der Waals surface area contributed by atoms with Crippen LogP contribution in [-0.2, 0) is 4.79 Å². The summed E-state index contributed by atoms with van der Waals surface area (Å²) in [7, 11) is 0. The summed E-state index contributed by atoms with van der Waals surface area (Å²) in [6.45, 7) is 8.37. The molecule has 1 amide bonds. The van der Waals surface area contributed by atoms with E-state index in [1.807, 2.05) is 32.0 Å². The normalized spacial score (nSPS) is 24.6. The number of aryl methyl sites for hydroxylation is 1. The molecule has 0 bridgehead atoms. The Balaban J connectivity index is 2.06. The fourth-order valence-electron chi connectivity index (χ4n) is 3.31. The number of anilines is 2. The lowest BCUT2D eigenvalue weighted by Gasteiger charge is -2.42. The van der Waals surface area contributed by atoms with Crippen LogP contribution in [0.4, 0.5) is 11.4 Å². The molecule has 3 unspecified atom stereocenters. The number of carbonyl (C=O) groups is 1. The molecule has 1 aliphatic rings. The van der Waals surface area contributed by atoms with Crippen LogP contribution in [0.5, 0.6) is 0 Å². The van der Waals surface area contributed by atoms with Gasteiger partial charge in [-0.15, -0.1) is 0 Å². The summed E-state index contributed by atoms with van der Waals surface area (Å²) in [6.07, 6.45) is 3.58. The number of piperidine rings is 1. The SMILES string of the molecule is Cc1ccc(NC(=O)C(C)N2C(C)CCCC2C)cc1N. The van der Waals surface area contributed by atoms with E-state index < -0.39 is 0 Å². The highest BCUT2D eigenvalue weighted by Gasteiger charge is 2.32. The van der Waals surface area contributed by atoms with Crippen molar-refractivity contribution in [3.8, 4) is 0 Å². The van der Waals surface area contributed by atoms with Crippen molar-refractivity contribution in [3.63, 3.8) is 0 Å². The maximum absolute atomic E-state index is 12.5. The molecule has 4 nitrogen and oxygen atoms in total. The molecule has 0 saturated carbocycles. The number of nitrogens with zero attached hydrogens (tertiary/aromatic N) is 1. The molecule has 0 radical (unpaired) electrons. The number of nitrogens with two attached hydrogens (primary N) is 1. The number of amides is 1. The molecule has 1 saturated heterocycles. The van der Waals surface area contributed by atoms with Crippen LogP contribution >= 0.6 is 0 Å². The highest BCUT2D eigenvalue weighted by Crippen LogP contribution is 2.25. The maximum Gasteiger partial charge on any atom is 0.241 e. The topological polar surface area (TPSA) is 58.4 Å². The molecule has 3 N–H and O–H groups in total. The molecule has 1 aromatic carbocycles. The summed E-state index contributed by atoms with van der Waals surface area (Å²) in [5.74, 6) is 0.0406. The van der Waals surface area contributed by atoms with Gasteiger partial charge < -0.3 is 11.1 Å². The minimum atomic E-state index is -0.127. The zero-order valence-corrected chi connectivity index (χ0v) is 13.5. The monoisotopic (exact) mass is 289 g/mol. The Bertz CT molecular complexity index is 505. The standard InChI is InChI=1S/C17H27N3O/c1-11-8-9-15(10-16(11)18)19-17(21)14(4)20-12(2)6-5-7-13(20)3/h8-10,12-14H,5-7,18H2,1-4H3,(H,19,21). The Morgan fingerprint density at radius 2 is 1.95 bits per heavy atom. The summed E-state index contributed by atoms with van der Waals surface area (Å²) in [5, 5.41) is 2.99. The lowest BCUT2D eigenvalue weighted by atomic mass is 9.95. The van der Waals surface area contributed by atoms with Crippen molar-refractivity contribution < 1.29 is 4.79 Å². The van der Waals surface area contributed by atoms with E-state index in [2.05, 4.69) is 24.1 Å². The second-order valence-electron chi connectivity index (χ2n) is 6.31. The smallest absolute Gasteiger partial charge is 0.241 e. The van der Waals surface area contributed by atoms with Crippen molar-refractivity contribution in [3.05, 3.63) is 23.8 Å². The Labute approximate surface area is 127 Å². The third-order valence-electron chi connectivity index (χ3n) is 4.64. The number of carbonyl (C=O) groups excluding carboxylic acids is 1. The van der Waals surface area contributed by atoms with E-state index in [1.165, 1.54) is 19.3 Å². The Kier molecular flexibility index (Phi) is 4.88. The van der Waals surface area contributed by atoms with Crippen LogP contribution in [-0.4, -0.2) is 28.9 Å². The van der Waals surface area contributed by atoms with Crippen molar-refractivity contribution in [2.75, 3.05) is 11.1 Å². The number of likely N-dealkylation sites (tertiary alicyclic amines) is 1. The zero-order valence-electron chi connectivity index (χ0n) is 13.5. The number of hydrogen-bond donors (Lipinski definition) is 2. The van der Waals surface area contributed by atoms with E-state index in [0.717, 1.165) is 11.3 Å². The van der Waals surface area contributed by atoms with E-state index in [1.54, 1.807) is 0 Å². The van der Waals surface area contributed by atoms with Gasteiger partial charge in [-0.25, -0.2) is 0 Å². The van der Waals surface area contributed by atoms with Crippen LogP contribution < -0.4 is 11.1 Å². The minimum absolute atomic E-state index is 0.0406. The molecule has 1 heterocycles. The lowest BCUT2D eigenvalue weighted by molar-refractivity contribution is -0.123. The summed E-state index contributed by atoms with van der Waals surface area (Å²) in [5.41, 5.74) is 8.40. The number of hydrogen-bond acceptors (Lipinski definition) is 3. The first-order valence-corrected chi connectivity index (χ1v) is 7.84. The fraction of sp³-hybridized carbons (Fsp3) is 0.588. The lowest BCUT2D eigenvalue weighted by Crippen LogP contribution is -2.53. The van der Waals surface area contributed by atoms with E-state index in [9.17, 15) is 4.79 Å². The first-order chi connectivity index (χ1) is 9.90. The van der Waals surface area contributed by atoms with Crippen molar-refractivity contribution >= 4 is 17.3 Å². The summed E-state index contributed by atoms with van der Waals surface area (Å²) in [4.78, 5) is 14.8. The first kappa shape index (κ1) is 15.8. The molecular weight excluding hydrogens is 262 g/mol. The largest absolute Gasteiger partial charge is 0.398 e. The zero-order chi connectivity index (χ0) is 15.6. The molecule has 21 heavy (non-hydrogen) atoms. The predicted molar refractivity (Wildman–Crippen MR) is 88.3 cm³/mol. The minimum Gasteiger partial charge on any atom is -0.398 e. The molecule has 0 aliphatic carbocycles. The van der Waals surface area contributed by atoms with Gasteiger partial charge in [0, 0.05) is 23.5 Å². The third kappa shape index (κ3) is 3.56. The van der Waals surface area contributed by atoms with Crippen LogP contribution in [0.15, 0.2) is 18.2 Å². The Morgan fingerprint density at radius 3 is 2.52 bits per heavy atom. The molecule has 0 aromatic heterocycles. The number of nitrogens with one attached hydrogen (secondary N) is 1. The second kappa shape index (κ2) is 6.48. The Morgan fingerprint density at radius 1 is 1.33 bits per heavy atom. The third-order valence-corrected chi connectivity index (χ3v) is 4.64. The quantitative estimate of drug-likeness (QED) is 0.840. The van der Waals surface area contributed by atoms with Crippen LogP contribution in [0.1, 0.15) is 45.6 Å². The van der Waals surface area contributed by atoms with Gasteiger partial charge in [0.2, 0.25) is 5.91 Å². The van der Waals surface area contributed by atoms with Gasteiger partial charge in [-0.3, -0.25) is 9.69 Å². The van der Waals surface area contributed by atoms with Gasteiger partial charge in [-0.2, -0.15) is 0 Å². The predicted octanol–water partition coefficient (Wildman–Crippen LogP) is 3.17. The van der Waals surface area contributed by atoms with Gasteiger partial charge in [0.15, 0.2) is 0 Å². The average Bonchev–Trinajstić information content (AvgIpc) is 2.42. The van der Waals surface area contributed by atoms with E-state index in [4.69, 9.17) is 5.73 Å². The maximum atomic E-state index is 12.5. The molecule has 1 aromatic rings. The fourth-order valence-corrected chi connectivity index (χ4v) is 3.31. The molecule has 0 spiro atoms. The van der Waals surface area contributed by atoms with Gasteiger partial charge >= 0.3 is 0 Å². The van der Waals surface area contributed by atoms with Crippen molar-refractivity contribution in [2.24, 2.45) is 0 Å². The molecule has 1 fully saturated rings. The van der Waals surface area contributed by atoms with Crippen LogP contribution in [0.2, 0.25) is 0 Å². The highest BCUT2D eigenvalue weighted by atomic mass is 16.2. The number of benzene rings is 1. The van der Waals surface area contributed by atoms with Gasteiger partial charge in [0.05, 0.1) is 6.04 Å². The van der Waals surface area contributed by atoms with Gasteiger partial charge in [-0.1, -0.05) is 12.5 Å². The van der Waals surface area contributed by atoms with Crippen LogP contribution in [0.3, 0.4) is 0 Å². The van der Waals surface area contributed by atoms with E-state index >= 15 is 0 Å². The van der Waals surface area contributed by atoms with Crippen molar-refractivity contribution in [1.29, 1.82) is 0 Å². The first-order valence-electron chi connectivity index (χ1n) is 7.84. The van der Waals surface area contributed by atoms with Crippen LogP contribution in [0.25, 0.3) is 0 Å². The van der Waals surface area contributed by atoms with Crippen molar-refractivity contribution in [2.45, 2.75) is 65.1 Å².